The van der Waals surface area contributed by atoms with Gasteiger partial charge in [-0.05, 0) is 19.3 Å². The molecule has 0 atom stereocenters. The third-order valence-corrected chi connectivity index (χ3v) is 1.78. The van der Waals surface area contributed by atoms with Crippen LogP contribution in [0.5, 0.6) is 0 Å². The van der Waals surface area contributed by atoms with E-state index in [-0.39, 0.29) is 45.9 Å². The zero-order chi connectivity index (χ0) is 4.69. The van der Waals surface area contributed by atoms with Crippen molar-refractivity contribution in [3.63, 3.8) is 0 Å². The maximum atomic E-state index is 2.26. The van der Waals surface area contributed by atoms with E-state index in [9.17, 15) is 0 Å². The Kier molecular flexibility index (Phi) is 7.21. The Balaban J connectivity index is 0. The molecule has 0 amide bonds. The van der Waals surface area contributed by atoms with Crippen molar-refractivity contribution < 1.29 is 45.9 Å². The summed E-state index contributed by atoms with van der Waals surface area (Å²) in [7, 11) is 0. The molecule has 60 valence electrons. The summed E-state index contributed by atoms with van der Waals surface area (Å²) < 4.78 is 0. The van der Waals surface area contributed by atoms with Gasteiger partial charge in [-0.25, -0.2) is 0 Å². The third-order valence-electron chi connectivity index (χ3n) is 1.78. The molecule has 0 unspecified atom stereocenters. The molecule has 2 bridgehead atoms. The van der Waals surface area contributed by atoms with Gasteiger partial charge >= 0.3 is 21.1 Å². The van der Waals surface area contributed by atoms with Crippen LogP contribution in [0.15, 0.2) is 23.3 Å². The van der Waals surface area contributed by atoms with Crippen molar-refractivity contribution in [2.45, 2.75) is 19.3 Å². The monoisotopic (exact) mass is 357 g/mol. The predicted octanol–water partition coefficient (Wildman–Crippen LogP) is -3.96. The molecular weight excluding hydrogens is 350 g/mol. The number of fused-ring (bicyclic) bond motifs is 2. The standard InChI is InChI=1S/C7H8.2ClH.Pt/c1-2-7-4-3-6(1)5-7;;;/h1-2H,3-5H2;2*1H;/q;;;+2/p-2. The molecule has 0 N–H and O–H groups in total. The Labute approximate surface area is 88.2 Å². The van der Waals surface area contributed by atoms with Crippen LogP contribution < -0.4 is 24.8 Å². The van der Waals surface area contributed by atoms with Gasteiger partial charge in [0.25, 0.3) is 0 Å². The van der Waals surface area contributed by atoms with Crippen molar-refractivity contribution >= 4 is 0 Å². The van der Waals surface area contributed by atoms with Crippen molar-refractivity contribution in [2.75, 3.05) is 0 Å². The molecule has 0 aromatic rings. The van der Waals surface area contributed by atoms with E-state index >= 15 is 0 Å². The second kappa shape index (κ2) is 5.41. The first-order valence-corrected chi connectivity index (χ1v) is 2.82. The van der Waals surface area contributed by atoms with Crippen molar-refractivity contribution in [3.8, 4) is 0 Å². The summed E-state index contributed by atoms with van der Waals surface area (Å²) in [5, 5.41) is 0. The van der Waals surface area contributed by atoms with Gasteiger partial charge in [0.2, 0.25) is 0 Å². The van der Waals surface area contributed by atoms with Crippen LogP contribution in [0.25, 0.3) is 0 Å². The number of halogens is 2. The van der Waals surface area contributed by atoms with E-state index in [0.717, 1.165) is 0 Å². The molecule has 0 saturated heterocycles. The van der Waals surface area contributed by atoms with E-state index in [1.807, 2.05) is 0 Å². The fourth-order valence-electron chi connectivity index (χ4n) is 1.31. The number of hydrogen-bond donors (Lipinski definition) is 0. The zero-order valence-corrected chi connectivity index (χ0v) is 9.13. The largest absolute Gasteiger partial charge is 2.00 e. The summed E-state index contributed by atoms with van der Waals surface area (Å²) in [4.78, 5) is 0. The summed E-state index contributed by atoms with van der Waals surface area (Å²) in [6.45, 7) is 0. The van der Waals surface area contributed by atoms with Crippen LogP contribution >= 0.6 is 0 Å². The maximum absolute atomic E-state index is 2.26. The summed E-state index contributed by atoms with van der Waals surface area (Å²) in [6.07, 6.45) is 8.54. The van der Waals surface area contributed by atoms with Crippen LogP contribution in [0.2, 0.25) is 0 Å². The quantitative estimate of drug-likeness (QED) is 0.415. The summed E-state index contributed by atoms with van der Waals surface area (Å²) >= 11 is 0. The van der Waals surface area contributed by atoms with Crippen LogP contribution in [0, 0.1) is 0 Å². The molecule has 0 heterocycles. The first-order chi connectivity index (χ1) is 3.45. The fourth-order valence-corrected chi connectivity index (χ4v) is 1.31. The molecule has 0 aliphatic heterocycles. The van der Waals surface area contributed by atoms with Crippen molar-refractivity contribution in [2.24, 2.45) is 0 Å². The van der Waals surface area contributed by atoms with Crippen LogP contribution in [-0.2, 0) is 21.1 Å². The molecule has 2 aliphatic carbocycles. The Morgan fingerprint density at radius 3 is 1.40 bits per heavy atom. The van der Waals surface area contributed by atoms with Gasteiger partial charge in [-0.1, -0.05) is 23.3 Å². The van der Waals surface area contributed by atoms with E-state index < -0.39 is 0 Å². The molecule has 3 heteroatoms. The van der Waals surface area contributed by atoms with Crippen LogP contribution in [0.3, 0.4) is 0 Å². The summed E-state index contributed by atoms with van der Waals surface area (Å²) in [6, 6.07) is 0. The SMILES string of the molecule is C1=C2CCC(=C1)C2.[Cl-].[Cl-].[Pt+2]. The third kappa shape index (κ3) is 2.41. The molecule has 0 aromatic carbocycles. The minimum atomic E-state index is 0. The molecule has 0 nitrogen and oxygen atoms in total. The van der Waals surface area contributed by atoms with Gasteiger partial charge in [-0.2, -0.15) is 0 Å². The van der Waals surface area contributed by atoms with Gasteiger partial charge in [0.1, 0.15) is 0 Å². The summed E-state index contributed by atoms with van der Waals surface area (Å²) in [5.74, 6) is 0. The normalized spacial score (nSPS) is 17.6. The van der Waals surface area contributed by atoms with Crippen LogP contribution in [0.1, 0.15) is 19.3 Å². The van der Waals surface area contributed by atoms with Gasteiger partial charge in [0.15, 0.2) is 0 Å². The molecule has 2 aliphatic rings. The smallest absolute Gasteiger partial charge is 1.00 e. The van der Waals surface area contributed by atoms with Gasteiger partial charge in [-0.15, -0.1) is 0 Å². The van der Waals surface area contributed by atoms with E-state index in [4.69, 9.17) is 0 Å². The molecule has 1 fully saturated rings. The minimum absolute atomic E-state index is 0. The molecule has 1 saturated carbocycles. The second-order valence-corrected chi connectivity index (χ2v) is 2.33. The number of hydrogen-bond acceptors (Lipinski definition) is 0. The molecule has 0 radical (unpaired) electrons. The van der Waals surface area contributed by atoms with Crippen LogP contribution in [-0.4, -0.2) is 0 Å². The van der Waals surface area contributed by atoms with Crippen LogP contribution in [0.4, 0.5) is 0 Å². The first-order valence-electron chi connectivity index (χ1n) is 2.82. The molecular formula is C7H8Cl2Pt. The van der Waals surface area contributed by atoms with Crippen molar-refractivity contribution in [3.05, 3.63) is 23.3 Å². The average Bonchev–Trinajstić information content (AvgIpc) is 2.22. The fraction of sp³-hybridized carbons (Fsp3) is 0.429. The van der Waals surface area contributed by atoms with Crippen molar-refractivity contribution in [1.82, 2.24) is 0 Å². The Hall–Kier alpha value is 0.748. The van der Waals surface area contributed by atoms with E-state index in [0.29, 0.717) is 0 Å². The average molecular weight is 358 g/mol. The molecule has 0 aromatic heterocycles. The van der Waals surface area contributed by atoms with Gasteiger partial charge in [0.05, 0.1) is 0 Å². The second-order valence-electron chi connectivity index (χ2n) is 2.33. The number of rotatable bonds is 0. The first kappa shape index (κ1) is 13.3. The minimum Gasteiger partial charge on any atom is -1.00 e. The van der Waals surface area contributed by atoms with E-state index in [2.05, 4.69) is 12.2 Å². The predicted molar refractivity (Wildman–Crippen MR) is 30.0 cm³/mol. The van der Waals surface area contributed by atoms with Crippen molar-refractivity contribution in [1.29, 1.82) is 0 Å². The van der Waals surface area contributed by atoms with Gasteiger partial charge < -0.3 is 24.8 Å². The molecule has 10 heavy (non-hydrogen) atoms. The van der Waals surface area contributed by atoms with E-state index in [1.165, 1.54) is 19.3 Å². The number of allylic oxidation sites excluding steroid dienone is 4. The van der Waals surface area contributed by atoms with Gasteiger partial charge in [0, 0.05) is 0 Å². The Bertz CT molecular complexity index is 143. The Morgan fingerprint density at radius 1 is 0.900 bits per heavy atom. The summed E-state index contributed by atoms with van der Waals surface area (Å²) in [5.41, 5.74) is 3.30. The topological polar surface area (TPSA) is 0 Å². The maximum Gasteiger partial charge on any atom is 2.00 e. The van der Waals surface area contributed by atoms with Gasteiger partial charge in [-0.3, -0.25) is 0 Å². The zero-order valence-electron chi connectivity index (χ0n) is 5.35. The van der Waals surface area contributed by atoms with E-state index in [1.54, 1.807) is 11.1 Å². The molecule has 0 spiro atoms. The Morgan fingerprint density at radius 2 is 1.30 bits per heavy atom. The molecule has 2 rings (SSSR count).